The highest BCUT2D eigenvalue weighted by molar-refractivity contribution is 9.10. The van der Waals surface area contributed by atoms with Gasteiger partial charge in [-0.3, -0.25) is 0 Å². The molecule has 1 aromatic rings. The van der Waals surface area contributed by atoms with Crippen molar-refractivity contribution in [3.8, 4) is 0 Å². The van der Waals surface area contributed by atoms with Crippen LogP contribution in [-0.4, -0.2) is 17.2 Å². The first-order valence-electron chi connectivity index (χ1n) is 3.65. The quantitative estimate of drug-likeness (QED) is 0.777. The molecular weight excluding hydrogens is 299 g/mol. The van der Waals surface area contributed by atoms with Crippen LogP contribution in [0.15, 0.2) is 16.6 Å². The van der Waals surface area contributed by atoms with Crippen LogP contribution in [0.25, 0.3) is 0 Å². The second-order valence-corrected chi connectivity index (χ2v) is 3.93. The molecule has 15 heavy (non-hydrogen) atoms. The van der Waals surface area contributed by atoms with Gasteiger partial charge in [-0.25, -0.2) is 0 Å². The summed E-state index contributed by atoms with van der Waals surface area (Å²) in [6.07, 6.45) is -4.58. The van der Waals surface area contributed by atoms with E-state index in [-0.39, 0.29) is 15.0 Å². The van der Waals surface area contributed by atoms with Crippen molar-refractivity contribution in [2.75, 3.05) is 0 Å². The van der Waals surface area contributed by atoms with Gasteiger partial charge in [0, 0.05) is 4.47 Å². The maximum absolute atomic E-state index is 12.3. The second-order valence-electron chi connectivity index (χ2n) is 2.73. The number of alkyl halides is 3. The molecule has 0 saturated carbocycles. The van der Waals surface area contributed by atoms with Crippen molar-refractivity contribution in [2.24, 2.45) is 0 Å². The fourth-order valence-corrected chi connectivity index (χ4v) is 1.62. The van der Waals surface area contributed by atoms with Crippen molar-refractivity contribution in [2.45, 2.75) is 6.18 Å². The van der Waals surface area contributed by atoms with Crippen molar-refractivity contribution in [3.05, 3.63) is 27.2 Å². The molecule has 2 nitrogen and oxygen atoms in total. The monoisotopic (exact) mass is 302 g/mol. The topological polar surface area (TPSA) is 40.5 Å². The summed E-state index contributed by atoms with van der Waals surface area (Å²) in [6.45, 7) is 0. The molecule has 0 saturated heterocycles. The van der Waals surface area contributed by atoms with Crippen molar-refractivity contribution in [1.29, 1.82) is 0 Å². The predicted octanol–water partition coefficient (Wildman–Crippen LogP) is 1.80. The molecule has 0 heterocycles. The first-order chi connectivity index (χ1) is 6.73. The zero-order valence-electron chi connectivity index (χ0n) is 7.02. The second kappa shape index (κ2) is 4.33. The van der Waals surface area contributed by atoms with Gasteiger partial charge in [0.1, 0.15) is 0 Å². The van der Waals surface area contributed by atoms with E-state index in [0.717, 1.165) is 0 Å². The van der Waals surface area contributed by atoms with Crippen LogP contribution in [0.4, 0.5) is 13.2 Å². The van der Waals surface area contributed by atoms with Gasteiger partial charge in [-0.15, -0.1) is 0 Å². The van der Waals surface area contributed by atoms with Crippen LogP contribution in [0.5, 0.6) is 0 Å². The Bertz CT molecular complexity index is 383. The number of rotatable bonds is 1. The molecular formula is C7H4BBrClF3O2. The minimum absolute atomic E-state index is 0.0344. The van der Waals surface area contributed by atoms with E-state index in [1.165, 1.54) is 0 Å². The van der Waals surface area contributed by atoms with E-state index in [4.69, 9.17) is 21.6 Å². The van der Waals surface area contributed by atoms with Crippen LogP contribution < -0.4 is 5.46 Å². The highest BCUT2D eigenvalue weighted by Crippen LogP contribution is 2.32. The van der Waals surface area contributed by atoms with Gasteiger partial charge in [0.15, 0.2) is 0 Å². The number of halogens is 5. The molecule has 0 unspecified atom stereocenters. The fourth-order valence-electron chi connectivity index (χ4n) is 0.962. The van der Waals surface area contributed by atoms with Gasteiger partial charge in [0.05, 0.1) is 10.6 Å². The van der Waals surface area contributed by atoms with Crippen LogP contribution in [0.3, 0.4) is 0 Å². The number of hydrogen-bond donors (Lipinski definition) is 2. The smallest absolute Gasteiger partial charge is 0.423 e. The summed E-state index contributed by atoms with van der Waals surface area (Å²) in [5.41, 5.74) is -1.35. The Morgan fingerprint density at radius 3 is 2.20 bits per heavy atom. The lowest BCUT2D eigenvalue weighted by atomic mass is 9.79. The summed E-state index contributed by atoms with van der Waals surface area (Å²) in [6, 6.07) is 1.33. The molecule has 0 aliphatic heterocycles. The van der Waals surface area contributed by atoms with Gasteiger partial charge < -0.3 is 10.0 Å². The molecule has 8 heteroatoms. The molecule has 82 valence electrons. The largest absolute Gasteiger partial charge is 0.489 e. The van der Waals surface area contributed by atoms with Gasteiger partial charge >= 0.3 is 13.3 Å². The van der Waals surface area contributed by atoms with E-state index in [1.54, 1.807) is 0 Å². The fraction of sp³-hybridized carbons (Fsp3) is 0.143. The molecule has 0 aliphatic rings. The van der Waals surface area contributed by atoms with Crippen LogP contribution in [-0.2, 0) is 6.18 Å². The maximum atomic E-state index is 12.3. The Labute approximate surface area is 96.9 Å². The summed E-state index contributed by atoms with van der Waals surface area (Å²) in [5.74, 6) is 0. The molecule has 1 rings (SSSR count). The van der Waals surface area contributed by atoms with E-state index >= 15 is 0 Å². The lowest BCUT2D eigenvalue weighted by Gasteiger charge is -2.11. The number of benzene rings is 1. The third kappa shape index (κ3) is 2.87. The summed E-state index contributed by atoms with van der Waals surface area (Å²) in [7, 11) is -2.01. The first kappa shape index (κ1) is 12.8. The molecule has 0 bridgehead atoms. The minimum atomic E-state index is -4.58. The van der Waals surface area contributed by atoms with Gasteiger partial charge in [0.2, 0.25) is 0 Å². The van der Waals surface area contributed by atoms with E-state index < -0.39 is 18.9 Å². The number of hydrogen-bond acceptors (Lipinski definition) is 2. The van der Waals surface area contributed by atoms with Gasteiger partial charge in [0.25, 0.3) is 0 Å². The first-order valence-corrected chi connectivity index (χ1v) is 4.83. The van der Waals surface area contributed by atoms with E-state index in [2.05, 4.69) is 15.9 Å². The Morgan fingerprint density at radius 1 is 1.27 bits per heavy atom. The van der Waals surface area contributed by atoms with Crippen molar-refractivity contribution in [1.82, 2.24) is 0 Å². The molecule has 0 fully saturated rings. The molecule has 1 aromatic carbocycles. The van der Waals surface area contributed by atoms with Crippen LogP contribution in [0, 0.1) is 0 Å². The zero-order chi connectivity index (χ0) is 11.8. The van der Waals surface area contributed by atoms with Gasteiger partial charge in [-0.05, 0) is 33.5 Å². The van der Waals surface area contributed by atoms with Crippen molar-refractivity contribution >= 4 is 40.1 Å². The minimum Gasteiger partial charge on any atom is -0.423 e. The highest BCUT2D eigenvalue weighted by Gasteiger charge is 2.33. The highest BCUT2D eigenvalue weighted by atomic mass is 79.9. The average Bonchev–Trinajstić information content (AvgIpc) is 2.06. The average molecular weight is 303 g/mol. The van der Waals surface area contributed by atoms with E-state index in [0.29, 0.717) is 12.1 Å². The molecule has 2 N–H and O–H groups in total. The summed E-state index contributed by atoms with van der Waals surface area (Å²) >= 11 is 8.36. The molecule has 0 aromatic heterocycles. The Balaban J connectivity index is 3.36. The van der Waals surface area contributed by atoms with Gasteiger partial charge in [-0.1, -0.05) is 11.6 Å². The van der Waals surface area contributed by atoms with E-state index in [9.17, 15) is 13.2 Å². The van der Waals surface area contributed by atoms with Gasteiger partial charge in [-0.2, -0.15) is 13.2 Å². The van der Waals surface area contributed by atoms with Crippen LogP contribution in [0.2, 0.25) is 5.02 Å². The standard InChI is InChI=1S/C7H4BBrClF3O2/c9-6-4(8(14)15)1-3(2-5(6)10)7(11,12)13/h1-2,14-15H. The molecule has 0 amide bonds. The maximum Gasteiger partial charge on any atom is 0.489 e. The summed E-state index contributed by atoms with van der Waals surface area (Å²) < 4.78 is 37.0. The zero-order valence-corrected chi connectivity index (χ0v) is 9.36. The third-order valence-electron chi connectivity index (χ3n) is 1.66. The summed E-state index contributed by atoms with van der Waals surface area (Å²) in [4.78, 5) is 0. The Hall–Kier alpha value is -0.235. The molecule has 0 atom stereocenters. The van der Waals surface area contributed by atoms with Crippen molar-refractivity contribution < 1.29 is 23.2 Å². The van der Waals surface area contributed by atoms with Crippen LogP contribution in [0.1, 0.15) is 5.56 Å². The summed E-state index contributed by atoms with van der Waals surface area (Å²) in [5, 5.41) is 17.4. The molecule has 0 radical (unpaired) electrons. The molecule has 0 spiro atoms. The predicted molar refractivity (Wildman–Crippen MR) is 54.0 cm³/mol. The van der Waals surface area contributed by atoms with Crippen molar-refractivity contribution in [3.63, 3.8) is 0 Å². The lowest BCUT2D eigenvalue weighted by molar-refractivity contribution is -0.137. The third-order valence-corrected chi connectivity index (χ3v) is 3.07. The lowest BCUT2D eigenvalue weighted by Crippen LogP contribution is -2.32. The molecule has 0 aliphatic carbocycles. The normalized spacial score (nSPS) is 11.7. The Kier molecular flexibility index (Phi) is 3.70. The SMILES string of the molecule is OB(O)c1cc(C(F)(F)F)cc(Cl)c1Br. The Morgan fingerprint density at radius 2 is 1.80 bits per heavy atom. The van der Waals surface area contributed by atoms with E-state index in [1.807, 2.05) is 0 Å². The van der Waals surface area contributed by atoms with Crippen LogP contribution >= 0.6 is 27.5 Å².